The van der Waals surface area contributed by atoms with Crippen LogP contribution in [0.2, 0.25) is 0 Å². The average Bonchev–Trinajstić information content (AvgIpc) is 2.64. The van der Waals surface area contributed by atoms with E-state index in [9.17, 15) is 41.3 Å². The Labute approximate surface area is 181 Å². The van der Waals surface area contributed by atoms with Gasteiger partial charge in [0.05, 0.1) is 6.54 Å². The molecule has 0 radical (unpaired) electrons. The molecule has 0 aromatic carbocycles. The third-order valence-electron chi connectivity index (χ3n) is 2.76. The number of quaternary nitrogens is 2. The van der Waals surface area contributed by atoms with Crippen LogP contribution in [0.1, 0.15) is 19.3 Å². The quantitative estimate of drug-likeness (QED) is 0.0502. The van der Waals surface area contributed by atoms with E-state index in [4.69, 9.17) is 25.5 Å². The van der Waals surface area contributed by atoms with Crippen molar-refractivity contribution in [2.75, 3.05) is 19.6 Å². The van der Waals surface area contributed by atoms with E-state index < -0.39 is 29.3 Å². The van der Waals surface area contributed by atoms with Crippen LogP contribution in [0.25, 0.3) is 0 Å². The number of hydrogen-bond acceptors (Lipinski definition) is 8. The number of carbonyl (C=O) groups excluding carboxylic acids is 3. The Bertz CT molecular complexity index is 634. The second kappa shape index (κ2) is 17.2. The first kappa shape index (κ1) is 34.2. The molecule has 0 aliphatic heterocycles. The van der Waals surface area contributed by atoms with Crippen molar-refractivity contribution < 1.29 is 67.4 Å². The van der Waals surface area contributed by atoms with Crippen LogP contribution in [0, 0.1) is 10.1 Å². The molecular formula is C13H23F6N7O7. The molecule has 10 N–H and O–H groups in total. The van der Waals surface area contributed by atoms with Gasteiger partial charge in [-0.15, -0.1) is 0 Å². The van der Waals surface area contributed by atoms with E-state index in [0.717, 1.165) is 13.0 Å². The van der Waals surface area contributed by atoms with Gasteiger partial charge in [0.2, 0.25) is 0 Å². The van der Waals surface area contributed by atoms with Crippen molar-refractivity contribution in [1.82, 2.24) is 10.7 Å². The van der Waals surface area contributed by atoms with E-state index in [1.54, 1.807) is 5.43 Å². The Balaban J connectivity index is -0.000000524. The number of nitrogens with one attached hydrogen (secondary N) is 2. The number of nitro groups is 1. The minimum absolute atomic E-state index is 0.103. The van der Waals surface area contributed by atoms with E-state index in [0.29, 0.717) is 25.9 Å². The highest BCUT2D eigenvalue weighted by atomic mass is 19.4. The minimum Gasteiger partial charge on any atom is -0.542 e. The zero-order valence-corrected chi connectivity index (χ0v) is 16.8. The standard InChI is InChI=1S/C9H21N7O3.2C2HF3O2/c10-4-2-6-13-8(17)7(11)3-1-5-14-9(12)15-16(18)19;2*3-2(4,5)1(6)7/h7H,1-6,10-11H2,(H,13,17)(H3,12,14,15);2*(H,6,7)/t7-;;/m0../s1. The number of hydrogen-bond donors (Lipinski definition) is 5. The van der Waals surface area contributed by atoms with Crippen LogP contribution in [0.4, 0.5) is 26.3 Å². The molecule has 0 bridgehead atoms. The Kier molecular flexibility index (Phi) is 17.8. The van der Waals surface area contributed by atoms with Gasteiger partial charge in [-0.25, -0.2) is 15.1 Å². The van der Waals surface area contributed by atoms with Gasteiger partial charge in [-0.2, -0.15) is 26.3 Å². The van der Waals surface area contributed by atoms with Crippen molar-refractivity contribution in [1.29, 1.82) is 0 Å². The lowest BCUT2D eigenvalue weighted by Crippen LogP contribution is -2.67. The Morgan fingerprint density at radius 1 is 1.03 bits per heavy atom. The molecule has 0 spiro atoms. The Hall–Kier alpha value is -3.42. The molecule has 0 aliphatic rings. The number of aliphatic imine (C=N–C) groups is 1. The molecular weight excluding hydrogens is 480 g/mol. The normalized spacial score (nSPS) is 12.2. The third kappa shape index (κ3) is 24.7. The second-order valence-electron chi connectivity index (χ2n) is 5.54. The second-order valence-corrected chi connectivity index (χ2v) is 5.54. The summed E-state index contributed by atoms with van der Waals surface area (Å²) >= 11 is 0. The number of alkyl halides is 6. The number of carboxylic acid groups (broad SMARTS) is 2. The van der Waals surface area contributed by atoms with Gasteiger partial charge in [0, 0.05) is 25.9 Å². The molecule has 0 fully saturated rings. The molecule has 14 nitrogen and oxygen atoms in total. The van der Waals surface area contributed by atoms with E-state index in [2.05, 4.69) is 21.8 Å². The maximum atomic E-state index is 11.5. The van der Waals surface area contributed by atoms with Crippen molar-refractivity contribution in [3.05, 3.63) is 10.1 Å². The maximum absolute atomic E-state index is 11.5. The molecule has 1 amide bonds. The molecule has 194 valence electrons. The topological polar surface area (TPSA) is 258 Å². The number of nitrogens with zero attached hydrogens (tertiary/aromatic N) is 2. The SMILES string of the molecule is NC(=NCCC[C@H]([NH3+])C(=O)NCCC[NH3+])N[N+](=O)[O-].O=C([O-])C(F)(F)F.O=C([O-])C(F)(F)F. The number of aliphatic carboxylic acids is 2. The summed E-state index contributed by atoms with van der Waals surface area (Å²) in [6.45, 7) is 1.69. The van der Waals surface area contributed by atoms with Crippen LogP contribution in [-0.4, -0.2) is 66.9 Å². The lowest BCUT2D eigenvalue weighted by atomic mass is 10.1. The summed E-state index contributed by atoms with van der Waals surface area (Å²) in [6, 6.07) is -0.357. The number of guanidine groups is 1. The largest absolute Gasteiger partial charge is 0.542 e. The van der Waals surface area contributed by atoms with Crippen molar-refractivity contribution in [2.24, 2.45) is 10.7 Å². The molecule has 0 heterocycles. The molecule has 1 atom stereocenters. The molecule has 20 heteroatoms. The molecule has 33 heavy (non-hydrogen) atoms. The van der Waals surface area contributed by atoms with Gasteiger partial charge in [0.25, 0.3) is 11.9 Å². The summed E-state index contributed by atoms with van der Waals surface area (Å²) < 4.78 is 63.1. The van der Waals surface area contributed by atoms with Gasteiger partial charge in [-0.3, -0.25) is 4.79 Å². The van der Waals surface area contributed by atoms with Gasteiger partial charge >= 0.3 is 12.4 Å². The number of carbonyl (C=O) groups is 3. The van der Waals surface area contributed by atoms with Crippen molar-refractivity contribution in [3.8, 4) is 0 Å². The monoisotopic (exact) mass is 503 g/mol. The predicted octanol–water partition coefficient (Wildman–Crippen LogP) is -5.18. The zero-order valence-electron chi connectivity index (χ0n) is 16.8. The Morgan fingerprint density at radius 2 is 1.45 bits per heavy atom. The number of amides is 1. The van der Waals surface area contributed by atoms with E-state index in [-0.39, 0.29) is 17.9 Å². The van der Waals surface area contributed by atoms with Crippen LogP contribution in [0.5, 0.6) is 0 Å². The zero-order chi connectivity index (χ0) is 26.8. The lowest BCUT2D eigenvalue weighted by Gasteiger charge is -2.08. The molecule has 0 aromatic heterocycles. The van der Waals surface area contributed by atoms with Crippen LogP contribution in [0.3, 0.4) is 0 Å². The first-order valence-electron chi connectivity index (χ1n) is 8.53. The fourth-order valence-electron chi connectivity index (χ4n) is 1.28. The minimum atomic E-state index is -5.19. The number of halogens is 6. The summed E-state index contributed by atoms with van der Waals surface area (Å²) in [5, 5.41) is 29.6. The first-order valence-corrected chi connectivity index (χ1v) is 8.53. The van der Waals surface area contributed by atoms with Crippen LogP contribution in [0.15, 0.2) is 4.99 Å². The van der Waals surface area contributed by atoms with Gasteiger partial charge < -0.3 is 42.3 Å². The summed E-state index contributed by atoms with van der Waals surface area (Å²) in [5.74, 6) is -6.36. The van der Waals surface area contributed by atoms with Crippen LogP contribution in [-0.2, 0) is 14.4 Å². The summed E-state index contributed by atoms with van der Waals surface area (Å²) in [5.41, 5.74) is 14.4. The van der Waals surface area contributed by atoms with E-state index >= 15 is 0 Å². The summed E-state index contributed by atoms with van der Waals surface area (Å²) in [4.78, 5) is 42.9. The first-order chi connectivity index (χ1) is 14.9. The fraction of sp³-hybridized carbons (Fsp3) is 0.692. The number of nitrogens with two attached hydrogens (primary N) is 1. The van der Waals surface area contributed by atoms with Gasteiger partial charge in [-0.05, 0) is 6.42 Å². The van der Waals surface area contributed by atoms with E-state index in [1.165, 1.54) is 0 Å². The lowest BCUT2D eigenvalue weighted by molar-refractivity contribution is -0.525. The highest BCUT2D eigenvalue weighted by molar-refractivity contribution is 5.80. The third-order valence-corrected chi connectivity index (χ3v) is 2.76. The molecule has 0 aliphatic carbocycles. The molecule has 0 saturated heterocycles. The number of carboxylic acids is 2. The predicted molar refractivity (Wildman–Crippen MR) is 90.0 cm³/mol. The van der Waals surface area contributed by atoms with Crippen molar-refractivity contribution in [3.63, 3.8) is 0 Å². The smallest absolute Gasteiger partial charge is 0.430 e. The van der Waals surface area contributed by atoms with E-state index in [1.807, 2.05) is 0 Å². The molecule has 0 saturated carbocycles. The van der Waals surface area contributed by atoms with Gasteiger partial charge in [0.1, 0.15) is 11.9 Å². The van der Waals surface area contributed by atoms with Crippen LogP contribution < -0.4 is 38.2 Å². The highest BCUT2D eigenvalue weighted by Gasteiger charge is 2.29. The van der Waals surface area contributed by atoms with Crippen molar-refractivity contribution in [2.45, 2.75) is 37.7 Å². The summed E-state index contributed by atoms with van der Waals surface area (Å²) in [6.07, 6.45) is -8.42. The van der Waals surface area contributed by atoms with Crippen molar-refractivity contribution >= 4 is 23.8 Å². The van der Waals surface area contributed by atoms with Gasteiger partial charge in [0.15, 0.2) is 11.1 Å². The highest BCUT2D eigenvalue weighted by Crippen LogP contribution is 2.12. The summed E-state index contributed by atoms with van der Waals surface area (Å²) in [7, 11) is 0. The fourth-order valence-corrected chi connectivity index (χ4v) is 1.28. The number of hydrazine groups is 1. The average molecular weight is 503 g/mol. The molecule has 0 aromatic rings. The number of rotatable bonds is 9. The van der Waals surface area contributed by atoms with Crippen LogP contribution >= 0.6 is 0 Å². The Morgan fingerprint density at radius 3 is 1.79 bits per heavy atom. The maximum Gasteiger partial charge on any atom is 0.430 e. The molecule has 0 unspecified atom stereocenters. The molecule has 0 rings (SSSR count). The van der Waals surface area contributed by atoms with Gasteiger partial charge in [-0.1, -0.05) is 5.43 Å².